The van der Waals surface area contributed by atoms with E-state index in [0.717, 1.165) is 12.8 Å². The van der Waals surface area contributed by atoms with Gasteiger partial charge < -0.3 is 9.64 Å². The molecule has 0 aromatic heterocycles. The average Bonchev–Trinajstić information content (AvgIpc) is 3.01. The fourth-order valence-corrected chi connectivity index (χ4v) is 5.93. The van der Waals surface area contributed by atoms with Gasteiger partial charge in [-0.1, -0.05) is 73.2 Å². The topological polar surface area (TPSA) is 49.9 Å². The zero-order valence-electron chi connectivity index (χ0n) is 22.0. The van der Waals surface area contributed by atoms with Crippen molar-refractivity contribution in [1.29, 1.82) is 0 Å². The van der Waals surface area contributed by atoms with Crippen LogP contribution in [0, 0.1) is 5.92 Å². The van der Waals surface area contributed by atoms with Crippen LogP contribution in [0.25, 0.3) is 17.7 Å². The Hall–Kier alpha value is -3.34. The Kier molecular flexibility index (Phi) is 6.27. The van der Waals surface area contributed by atoms with E-state index in [2.05, 4.69) is 67.6 Å². The molecule has 2 heterocycles. The molecule has 5 nitrogen and oxygen atoms in total. The SMILES string of the molecule is CC1C[C@H](N(C)C(=O)OC(C)(C)C)C(=O)N2CCC(=C3c4ccccc4C=Cc4ccccc43)CC12. The number of amides is 2. The molecule has 0 saturated carbocycles. The second kappa shape index (κ2) is 9.27. The van der Waals surface area contributed by atoms with E-state index in [4.69, 9.17) is 4.74 Å². The Morgan fingerprint density at radius 1 is 1.00 bits per heavy atom. The number of ether oxygens (including phenoxy) is 1. The van der Waals surface area contributed by atoms with Crippen molar-refractivity contribution >= 4 is 29.7 Å². The summed E-state index contributed by atoms with van der Waals surface area (Å²) < 4.78 is 5.55. The van der Waals surface area contributed by atoms with E-state index in [-0.39, 0.29) is 17.9 Å². The Balaban J connectivity index is 1.46. The quantitative estimate of drug-likeness (QED) is 0.411. The standard InChI is InChI=1S/C31H36N2O3/c1-20-18-27(32(5)30(35)36-31(2,3)4)29(34)33-17-16-23(19-26(20)33)28-24-12-8-6-10-21(24)14-15-22-11-7-9-13-25(22)28/h6-15,20,26-27H,16-19H2,1-5H3/t20?,26?,27-/m0/s1. The van der Waals surface area contributed by atoms with Gasteiger partial charge in [-0.15, -0.1) is 0 Å². The molecule has 1 aliphatic carbocycles. The first-order chi connectivity index (χ1) is 17.1. The third-order valence-corrected chi connectivity index (χ3v) is 7.74. The van der Waals surface area contributed by atoms with Gasteiger partial charge in [-0.2, -0.15) is 0 Å². The summed E-state index contributed by atoms with van der Waals surface area (Å²) in [6.07, 6.45) is 6.31. The maximum atomic E-state index is 13.6. The lowest BCUT2D eigenvalue weighted by atomic mass is 9.77. The van der Waals surface area contributed by atoms with Gasteiger partial charge in [0.2, 0.25) is 5.91 Å². The fourth-order valence-electron chi connectivity index (χ4n) is 5.93. The summed E-state index contributed by atoms with van der Waals surface area (Å²) in [5.74, 6) is 0.307. The highest BCUT2D eigenvalue weighted by Gasteiger charge is 2.45. The van der Waals surface area contributed by atoms with Gasteiger partial charge >= 0.3 is 6.09 Å². The van der Waals surface area contributed by atoms with Gasteiger partial charge in [-0.3, -0.25) is 9.69 Å². The molecule has 0 N–H and O–H groups in total. The predicted octanol–water partition coefficient (Wildman–Crippen LogP) is 6.24. The second-order valence-corrected chi connectivity index (χ2v) is 11.4. The van der Waals surface area contributed by atoms with Gasteiger partial charge in [0.05, 0.1) is 0 Å². The Morgan fingerprint density at radius 3 is 2.17 bits per heavy atom. The molecule has 3 aliphatic rings. The molecular weight excluding hydrogens is 448 g/mol. The lowest BCUT2D eigenvalue weighted by Gasteiger charge is -2.48. The molecule has 2 saturated heterocycles. The zero-order chi connectivity index (χ0) is 25.6. The van der Waals surface area contributed by atoms with E-state index < -0.39 is 17.7 Å². The average molecular weight is 485 g/mol. The van der Waals surface area contributed by atoms with Gasteiger partial charge in [0.25, 0.3) is 0 Å². The van der Waals surface area contributed by atoms with Crippen molar-refractivity contribution < 1.29 is 14.3 Å². The van der Waals surface area contributed by atoms with Gasteiger partial charge in [0.1, 0.15) is 11.6 Å². The Bertz CT molecular complexity index is 1200. The number of hydrogen-bond donors (Lipinski definition) is 0. The molecule has 5 rings (SSSR count). The van der Waals surface area contributed by atoms with E-state index in [1.54, 1.807) is 7.05 Å². The number of nitrogens with zero attached hydrogens (tertiary/aromatic N) is 2. The van der Waals surface area contributed by atoms with Crippen LogP contribution in [0.2, 0.25) is 0 Å². The van der Waals surface area contributed by atoms with Crippen LogP contribution in [0.15, 0.2) is 54.1 Å². The number of rotatable bonds is 1. The zero-order valence-corrected chi connectivity index (χ0v) is 22.0. The molecule has 2 fully saturated rings. The molecule has 5 heteroatoms. The van der Waals surface area contributed by atoms with E-state index in [0.29, 0.717) is 13.0 Å². The summed E-state index contributed by atoms with van der Waals surface area (Å²) >= 11 is 0. The number of piperidine rings is 2. The van der Waals surface area contributed by atoms with Gasteiger partial charge in [0, 0.05) is 19.6 Å². The molecule has 0 bridgehead atoms. The highest BCUT2D eigenvalue weighted by Crippen LogP contribution is 2.42. The minimum atomic E-state index is -0.594. The minimum Gasteiger partial charge on any atom is -0.444 e. The van der Waals surface area contributed by atoms with Gasteiger partial charge in [-0.25, -0.2) is 4.79 Å². The smallest absolute Gasteiger partial charge is 0.410 e. The summed E-state index contributed by atoms with van der Waals surface area (Å²) in [5.41, 5.74) is 7.12. The molecular formula is C31H36N2O3. The van der Waals surface area contributed by atoms with E-state index in [1.807, 2.05) is 25.7 Å². The molecule has 2 aliphatic heterocycles. The first-order valence-electron chi connectivity index (χ1n) is 13.0. The molecule has 2 unspecified atom stereocenters. The first kappa shape index (κ1) is 24.4. The highest BCUT2D eigenvalue weighted by molar-refractivity contribution is 5.95. The summed E-state index contributed by atoms with van der Waals surface area (Å²) in [6, 6.07) is 16.8. The largest absolute Gasteiger partial charge is 0.444 e. The van der Waals surface area contributed by atoms with Crippen molar-refractivity contribution in [2.75, 3.05) is 13.6 Å². The molecule has 2 aromatic rings. The van der Waals surface area contributed by atoms with E-state index in [1.165, 1.54) is 38.3 Å². The number of carbonyl (C=O) groups excluding carboxylic acids is 2. The van der Waals surface area contributed by atoms with Gasteiger partial charge in [0.15, 0.2) is 0 Å². The molecule has 36 heavy (non-hydrogen) atoms. The van der Waals surface area contributed by atoms with Gasteiger partial charge in [-0.05, 0) is 73.8 Å². The van der Waals surface area contributed by atoms with Crippen LogP contribution in [0.1, 0.15) is 69.2 Å². The summed E-state index contributed by atoms with van der Waals surface area (Å²) in [4.78, 5) is 29.8. The first-order valence-corrected chi connectivity index (χ1v) is 13.0. The molecule has 188 valence electrons. The predicted molar refractivity (Wildman–Crippen MR) is 144 cm³/mol. The number of fused-ring (bicyclic) bond motifs is 3. The second-order valence-electron chi connectivity index (χ2n) is 11.4. The van der Waals surface area contributed by atoms with Crippen molar-refractivity contribution in [1.82, 2.24) is 9.80 Å². The normalized spacial score (nSPS) is 23.4. The van der Waals surface area contributed by atoms with Crippen LogP contribution < -0.4 is 0 Å². The molecule has 2 aromatic carbocycles. The third kappa shape index (κ3) is 4.47. The van der Waals surface area contributed by atoms with Crippen LogP contribution in [-0.4, -0.2) is 53.1 Å². The van der Waals surface area contributed by atoms with Crippen molar-refractivity contribution in [3.05, 3.63) is 76.4 Å². The highest BCUT2D eigenvalue weighted by atomic mass is 16.6. The number of benzene rings is 2. The molecule has 0 spiro atoms. The molecule has 2 amide bonds. The maximum Gasteiger partial charge on any atom is 0.410 e. The van der Waals surface area contributed by atoms with Crippen LogP contribution in [0.3, 0.4) is 0 Å². The minimum absolute atomic E-state index is 0.0406. The lowest BCUT2D eigenvalue weighted by molar-refractivity contribution is -0.146. The van der Waals surface area contributed by atoms with Crippen molar-refractivity contribution in [2.24, 2.45) is 5.92 Å². The van der Waals surface area contributed by atoms with Crippen molar-refractivity contribution in [3.8, 4) is 0 Å². The summed E-state index contributed by atoms with van der Waals surface area (Å²) in [6.45, 7) is 8.42. The number of carbonyl (C=O) groups is 2. The Labute approximate surface area is 214 Å². The van der Waals surface area contributed by atoms with E-state index in [9.17, 15) is 9.59 Å². The van der Waals surface area contributed by atoms with Crippen LogP contribution in [-0.2, 0) is 9.53 Å². The lowest BCUT2D eigenvalue weighted by Crippen LogP contribution is -2.61. The van der Waals surface area contributed by atoms with Crippen LogP contribution >= 0.6 is 0 Å². The Morgan fingerprint density at radius 2 is 1.58 bits per heavy atom. The fraction of sp³-hybridized carbons (Fsp3) is 0.419. The van der Waals surface area contributed by atoms with Crippen LogP contribution in [0.5, 0.6) is 0 Å². The van der Waals surface area contributed by atoms with Crippen molar-refractivity contribution in [3.63, 3.8) is 0 Å². The monoisotopic (exact) mass is 484 g/mol. The van der Waals surface area contributed by atoms with Crippen molar-refractivity contribution in [2.45, 2.75) is 64.6 Å². The van der Waals surface area contributed by atoms with E-state index >= 15 is 0 Å². The number of likely N-dealkylation sites (N-methyl/N-ethyl adjacent to an activating group) is 1. The third-order valence-electron chi connectivity index (χ3n) is 7.74. The number of hydrogen-bond acceptors (Lipinski definition) is 3. The summed E-state index contributed by atoms with van der Waals surface area (Å²) in [7, 11) is 1.69. The van der Waals surface area contributed by atoms with Crippen LogP contribution in [0.4, 0.5) is 4.79 Å². The summed E-state index contributed by atoms with van der Waals surface area (Å²) in [5, 5.41) is 0. The molecule has 3 atom stereocenters. The molecule has 0 radical (unpaired) electrons. The maximum absolute atomic E-state index is 13.6.